The third kappa shape index (κ3) is 2.32. The lowest BCUT2D eigenvalue weighted by atomic mass is 9.77. The van der Waals surface area contributed by atoms with E-state index in [4.69, 9.17) is 4.74 Å². The van der Waals surface area contributed by atoms with Crippen molar-refractivity contribution in [2.45, 2.75) is 18.4 Å². The maximum absolute atomic E-state index is 12.8. The molecule has 0 saturated heterocycles. The van der Waals surface area contributed by atoms with Gasteiger partial charge in [-0.2, -0.15) is 0 Å². The molecule has 2 atom stereocenters. The van der Waals surface area contributed by atoms with Crippen molar-refractivity contribution in [3.63, 3.8) is 0 Å². The molecule has 0 bridgehead atoms. The molecule has 1 aliphatic rings. The summed E-state index contributed by atoms with van der Waals surface area (Å²) in [5.74, 6) is -1.36. The average molecular weight is 307 g/mol. The molecule has 4 heteroatoms. The van der Waals surface area contributed by atoms with Gasteiger partial charge in [-0.05, 0) is 11.6 Å². The molecule has 3 rings (SSSR count). The van der Waals surface area contributed by atoms with E-state index < -0.39 is 17.5 Å². The van der Waals surface area contributed by atoms with Crippen LogP contribution in [0.2, 0.25) is 0 Å². The molecule has 0 aromatic heterocycles. The van der Waals surface area contributed by atoms with Crippen molar-refractivity contribution in [3.8, 4) is 0 Å². The number of amides is 1. The van der Waals surface area contributed by atoms with Crippen LogP contribution in [0, 0.1) is 0 Å². The van der Waals surface area contributed by atoms with E-state index >= 15 is 0 Å². The van der Waals surface area contributed by atoms with E-state index in [1.165, 1.54) is 6.92 Å². The summed E-state index contributed by atoms with van der Waals surface area (Å²) >= 11 is 0. The number of hydrogen-bond acceptors (Lipinski definition) is 3. The van der Waals surface area contributed by atoms with Gasteiger partial charge in [0.1, 0.15) is 0 Å². The Hall–Kier alpha value is -2.88. The number of hydrogen-bond donors (Lipinski definition) is 1. The number of carbonyl (C=O) groups excluding carboxylic acids is 2. The first-order chi connectivity index (χ1) is 11.1. The van der Waals surface area contributed by atoms with Crippen molar-refractivity contribution in [2.75, 3.05) is 5.32 Å². The standard InChI is InChI=1S/C19H17NO3/c1-3-15(14-9-5-4-6-10-14)19(23-13(2)21)16-11-7-8-12-17(16)20-18(19)22/h3-12,15H,1H2,2H3,(H,20,22)/t15-,19-/m1/s1. The van der Waals surface area contributed by atoms with Crippen LogP contribution in [0.4, 0.5) is 5.69 Å². The number of rotatable bonds is 4. The molecule has 1 heterocycles. The van der Waals surface area contributed by atoms with Gasteiger partial charge in [-0.1, -0.05) is 54.6 Å². The molecule has 1 amide bonds. The van der Waals surface area contributed by atoms with Crippen molar-refractivity contribution < 1.29 is 14.3 Å². The van der Waals surface area contributed by atoms with Gasteiger partial charge in [-0.25, -0.2) is 0 Å². The van der Waals surface area contributed by atoms with Gasteiger partial charge >= 0.3 is 5.97 Å². The topological polar surface area (TPSA) is 55.4 Å². The van der Waals surface area contributed by atoms with E-state index in [1.54, 1.807) is 18.2 Å². The molecular formula is C19H17NO3. The first kappa shape index (κ1) is 15.0. The van der Waals surface area contributed by atoms with Crippen LogP contribution in [0.5, 0.6) is 0 Å². The number of carbonyl (C=O) groups is 2. The second-order valence-electron chi connectivity index (χ2n) is 5.45. The minimum atomic E-state index is -1.44. The fourth-order valence-corrected chi connectivity index (χ4v) is 3.15. The van der Waals surface area contributed by atoms with E-state index in [1.807, 2.05) is 42.5 Å². The predicted octanol–water partition coefficient (Wildman–Crippen LogP) is 3.37. The van der Waals surface area contributed by atoms with E-state index in [2.05, 4.69) is 11.9 Å². The first-order valence-electron chi connectivity index (χ1n) is 7.37. The molecule has 23 heavy (non-hydrogen) atoms. The highest BCUT2D eigenvalue weighted by Gasteiger charge is 2.55. The van der Waals surface area contributed by atoms with Crippen LogP contribution in [0.1, 0.15) is 24.0 Å². The summed E-state index contributed by atoms with van der Waals surface area (Å²) in [4.78, 5) is 24.6. The summed E-state index contributed by atoms with van der Waals surface area (Å²) in [5, 5.41) is 2.81. The second kappa shape index (κ2) is 5.72. The molecule has 1 aliphatic heterocycles. The smallest absolute Gasteiger partial charge is 0.304 e. The van der Waals surface area contributed by atoms with Gasteiger partial charge < -0.3 is 10.1 Å². The third-order valence-corrected chi connectivity index (χ3v) is 4.05. The lowest BCUT2D eigenvalue weighted by Crippen LogP contribution is -2.43. The number of nitrogens with one attached hydrogen (secondary N) is 1. The molecule has 0 saturated carbocycles. The largest absolute Gasteiger partial charge is 0.443 e. The molecule has 1 N–H and O–H groups in total. The van der Waals surface area contributed by atoms with Gasteiger partial charge in [0.25, 0.3) is 5.91 Å². The van der Waals surface area contributed by atoms with E-state index in [-0.39, 0.29) is 5.91 Å². The SMILES string of the molecule is C=C[C@H](c1ccccc1)[C@]1(OC(C)=O)C(=O)Nc2ccccc21. The Balaban J connectivity index is 2.24. The Bertz CT molecular complexity index is 769. The number of esters is 1. The second-order valence-corrected chi connectivity index (χ2v) is 5.45. The Labute approximate surface area is 134 Å². The van der Waals surface area contributed by atoms with Crippen molar-refractivity contribution in [1.29, 1.82) is 0 Å². The molecule has 0 spiro atoms. The maximum Gasteiger partial charge on any atom is 0.304 e. The van der Waals surface area contributed by atoms with E-state index in [0.29, 0.717) is 11.3 Å². The highest BCUT2D eigenvalue weighted by atomic mass is 16.6. The summed E-state index contributed by atoms with van der Waals surface area (Å²) in [6, 6.07) is 16.7. The molecule has 4 nitrogen and oxygen atoms in total. The Kier molecular flexibility index (Phi) is 3.74. The molecule has 0 unspecified atom stereocenters. The Morgan fingerprint density at radius 2 is 1.83 bits per heavy atom. The summed E-state index contributed by atoms with van der Waals surface area (Å²) < 4.78 is 5.62. The van der Waals surface area contributed by atoms with Crippen LogP contribution in [0.15, 0.2) is 67.3 Å². The van der Waals surface area contributed by atoms with Crippen molar-refractivity contribution >= 4 is 17.6 Å². The van der Waals surface area contributed by atoms with Crippen molar-refractivity contribution in [3.05, 3.63) is 78.4 Å². The van der Waals surface area contributed by atoms with Gasteiger partial charge in [-0.3, -0.25) is 9.59 Å². The lowest BCUT2D eigenvalue weighted by Gasteiger charge is -2.33. The molecule has 116 valence electrons. The minimum Gasteiger partial charge on any atom is -0.443 e. The highest BCUT2D eigenvalue weighted by Crippen LogP contribution is 2.48. The lowest BCUT2D eigenvalue weighted by molar-refractivity contribution is -0.166. The van der Waals surface area contributed by atoms with Gasteiger partial charge in [0, 0.05) is 18.2 Å². The number of fused-ring (bicyclic) bond motifs is 1. The van der Waals surface area contributed by atoms with E-state index in [9.17, 15) is 9.59 Å². The van der Waals surface area contributed by atoms with E-state index in [0.717, 1.165) is 5.56 Å². The Morgan fingerprint density at radius 3 is 2.48 bits per heavy atom. The fraction of sp³-hybridized carbons (Fsp3) is 0.158. The number of para-hydroxylation sites is 1. The molecule has 2 aromatic rings. The normalized spacial score (nSPS) is 20.3. The van der Waals surface area contributed by atoms with Gasteiger partial charge in [0.2, 0.25) is 5.60 Å². The van der Waals surface area contributed by atoms with Crippen molar-refractivity contribution in [1.82, 2.24) is 0 Å². The third-order valence-electron chi connectivity index (χ3n) is 4.05. The van der Waals surface area contributed by atoms with Crippen LogP contribution in [-0.4, -0.2) is 11.9 Å². The van der Waals surface area contributed by atoms with Gasteiger partial charge in [0.05, 0.1) is 5.92 Å². The Morgan fingerprint density at radius 1 is 1.17 bits per heavy atom. The molecular weight excluding hydrogens is 290 g/mol. The predicted molar refractivity (Wildman–Crippen MR) is 87.9 cm³/mol. The van der Waals surface area contributed by atoms with Crippen LogP contribution in [-0.2, 0) is 19.9 Å². The van der Waals surface area contributed by atoms with Crippen LogP contribution >= 0.6 is 0 Å². The average Bonchev–Trinajstić information content (AvgIpc) is 2.82. The minimum absolute atomic E-state index is 0.359. The number of benzene rings is 2. The quantitative estimate of drug-likeness (QED) is 0.696. The van der Waals surface area contributed by atoms with Crippen LogP contribution < -0.4 is 5.32 Å². The zero-order valence-electron chi connectivity index (χ0n) is 12.8. The molecule has 2 aromatic carbocycles. The van der Waals surface area contributed by atoms with Crippen LogP contribution in [0.3, 0.4) is 0 Å². The molecule has 0 fully saturated rings. The summed E-state index contributed by atoms with van der Waals surface area (Å²) in [6.07, 6.45) is 1.65. The van der Waals surface area contributed by atoms with Gasteiger partial charge in [-0.15, -0.1) is 6.58 Å². The zero-order valence-corrected chi connectivity index (χ0v) is 12.8. The summed E-state index contributed by atoms with van der Waals surface area (Å²) in [6.45, 7) is 5.18. The summed E-state index contributed by atoms with van der Waals surface area (Å²) in [7, 11) is 0. The van der Waals surface area contributed by atoms with Crippen LogP contribution in [0.25, 0.3) is 0 Å². The first-order valence-corrected chi connectivity index (χ1v) is 7.37. The highest BCUT2D eigenvalue weighted by molar-refractivity contribution is 6.07. The number of anilines is 1. The van der Waals surface area contributed by atoms with Crippen molar-refractivity contribution in [2.24, 2.45) is 0 Å². The number of ether oxygens (including phenoxy) is 1. The maximum atomic E-state index is 12.8. The zero-order chi connectivity index (χ0) is 16.4. The van der Waals surface area contributed by atoms with Gasteiger partial charge in [0.15, 0.2) is 0 Å². The fourth-order valence-electron chi connectivity index (χ4n) is 3.15. The molecule has 0 aliphatic carbocycles. The monoisotopic (exact) mass is 307 g/mol. The summed E-state index contributed by atoms with van der Waals surface area (Å²) in [5.41, 5.74) is 0.719. The molecule has 0 radical (unpaired) electrons.